The van der Waals surface area contributed by atoms with Gasteiger partial charge in [-0.3, -0.25) is 4.90 Å². The highest BCUT2D eigenvalue weighted by Gasteiger charge is 2.21. The SMILES string of the molecule is COC(=O)c1ccc(CN(C)Cc2nnc(SC)n2C[C@@H]2CCCO2)cc1. The summed E-state index contributed by atoms with van der Waals surface area (Å²) in [4.78, 5) is 13.7. The maximum absolute atomic E-state index is 11.5. The Morgan fingerprint density at radius 2 is 2.11 bits per heavy atom. The average Bonchev–Trinajstić information content (AvgIpc) is 3.32. The maximum atomic E-state index is 11.5. The third kappa shape index (κ3) is 5.09. The molecule has 1 fully saturated rings. The molecule has 1 aliphatic heterocycles. The molecule has 3 rings (SSSR count). The van der Waals surface area contributed by atoms with Gasteiger partial charge in [-0.15, -0.1) is 10.2 Å². The number of benzene rings is 1. The van der Waals surface area contributed by atoms with Gasteiger partial charge in [-0.2, -0.15) is 0 Å². The average molecular weight is 391 g/mol. The molecule has 146 valence electrons. The highest BCUT2D eigenvalue weighted by Crippen LogP contribution is 2.20. The second-order valence-electron chi connectivity index (χ2n) is 6.71. The summed E-state index contributed by atoms with van der Waals surface area (Å²) < 4.78 is 12.7. The number of ether oxygens (including phenoxy) is 2. The predicted molar refractivity (Wildman–Crippen MR) is 104 cm³/mol. The van der Waals surface area contributed by atoms with E-state index in [1.165, 1.54) is 7.11 Å². The van der Waals surface area contributed by atoms with Crippen molar-refractivity contribution in [2.24, 2.45) is 0 Å². The van der Waals surface area contributed by atoms with Crippen molar-refractivity contribution >= 4 is 17.7 Å². The Morgan fingerprint density at radius 3 is 2.74 bits per heavy atom. The van der Waals surface area contributed by atoms with Gasteiger partial charge in [0.15, 0.2) is 5.16 Å². The number of methoxy groups -OCH3 is 1. The smallest absolute Gasteiger partial charge is 0.337 e. The van der Waals surface area contributed by atoms with Crippen LogP contribution in [0.5, 0.6) is 0 Å². The predicted octanol–water partition coefficient (Wildman–Crippen LogP) is 2.60. The van der Waals surface area contributed by atoms with Gasteiger partial charge in [0.2, 0.25) is 0 Å². The first-order chi connectivity index (χ1) is 13.1. The van der Waals surface area contributed by atoms with Gasteiger partial charge in [0.05, 0.1) is 31.9 Å². The number of hydrogen-bond acceptors (Lipinski definition) is 7. The minimum absolute atomic E-state index is 0.252. The Balaban J connectivity index is 1.64. The Kier molecular flexibility index (Phi) is 6.87. The lowest BCUT2D eigenvalue weighted by atomic mass is 10.1. The first-order valence-corrected chi connectivity index (χ1v) is 10.3. The van der Waals surface area contributed by atoms with Gasteiger partial charge in [0.1, 0.15) is 5.82 Å². The van der Waals surface area contributed by atoms with Crippen molar-refractivity contribution in [3.05, 3.63) is 41.2 Å². The van der Waals surface area contributed by atoms with Crippen LogP contribution in [0.1, 0.15) is 34.6 Å². The molecule has 0 saturated carbocycles. The van der Waals surface area contributed by atoms with E-state index in [1.54, 1.807) is 23.9 Å². The van der Waals surface area contributed by atoms with Crippen LogP contribution in [-0.4, -0.2) is 58.8 Å². The van der Waals surface area contributed by atoms with Crippen molar-refractivity contribution in [2.75, 3.05) is 27.0 Å². The zero-order valence-corrected chi connectivity index (χ0v) is 16.9. The summed E-state index contributed by atoms with van der Waals surface area (Å²) in [7, 11) is 3.44. The highest BCUT2D eigenvalue weighted by molar-refractivity contribution is 7.98. The topological polar surface area (TPSA) is 69.5 Å². The van der Waals surface area contributed by atoms with Gasteiger partial charge in [0.25, 0.3) is 0 Å². The van der Waals surface area contributed by atoms with Crippen molar-refractivity contribution in [3.63, 3.8) is 0 Å². The minimum Gasteiger partial charge on any atom is -0.465 e. The van der Waals surface area contributed by atoms with Crippen LogP contribution in [0, 0.1) is 0 Å². The number of carbonyl (C=O) groups is 1. The maximum Gasteiger partial charge on any atom is 0.337 e. The number of hydrogen-bond donors (Lipinski definition) is 0. The van der Waals surface area contributed by atoms with Gasteiger partial charge in [-0.1, -0.05) is 23.9 Å². The molecule has 0 amide bonds. The molecule has 0 aliphatic carbocycles. The molecule has 2 aromatic rings. The number of nitrogens with zero attached hydrogens (tertiary/aromatic N) is 4. The van der Waals surface area contributed by atoms with Gasteiger partial charge in [-0.05, 0) is 43.8 Å². The Morgan fingerprint density at radius 1 is 1.33 bits per heavy atom. The summed E-state index contributed by atoms with van der Waals surface area (Å²) in [5.41, 5.74) is 1.69. The van der Waals surface area contributed by atoms with Crippen molar-refractivity contribution in [2.45, 2.75) is 43.7 Å². The van der Waals surface area contributed by atoms with E-state index >= 15 is 0 Å². The fraction of sp³-hybridized carbons (Fsp3) is 0.526. The zero-order valence-electron chi connectivity index (χ0n) is 16.1. The lowest BCUT2D eigenvalue weighted by Gasteiger charge is -2.19. The van der Waals surface area contributed by atoms with E-state index in [4.69, 9.17) is 9.47 Å². The van der Waals surface area contributed by atoms with Gasteiger partial charge < -0.3 is 14.0 Å². The fourth-order valence-electron chi connectivity index (χ4n) is 3.24. The molecule has 1 aliphatic rings. The molecule has 2 heterocycles. The molecule has 0 spiro atoms. The van der Waals surface area contributed by atoms with Crippen LogP contribution in [0.4, 0.5) is 0 Å². The lowest BCUT2D eigenvalue weighted by molar-refractivity contribution is 0.0600. The second-order valence-corrected chi connectivity index (χ2v) is 7.48. The molecule has 1 aromatic carbocycles. The first kappa shape index (κ1) is 19.9. The lowest BCUT2D eigenvalue weighted by Crippen LogP contribution is -2.23. The van der Waals surface area contributed by atoms with E-state index in [9.17, 15) is 4.79 Å². The number of esters is 1. The van der Waals surface area contributed by atoms with E-state index in [1.807, 2.05) is 18.4 Å². The van der Waals surface area contributed by atoms with Crippen LogP contribution in [0.15, 0.2) is 29.4 Å². The van der Waals surface area contributed by atoms with Crippen LogP contribution in [0.3, 0.4) is 0 Å². The molecule has 1 atom stereocenters. The second kappa shape index (κ2) is 9.34. The number of aromatic nitrogens is 3. The Bertz CT molecular complexity index is 757. The molecule has 8 heteroatoms. The summed E-state index contributed by atoms with van der Waals surface area (Å²) in [6.07, 6.45) is 4.49. The van der Waals surface area contributed by atoms with Gasteiger partial charge >= 0.3 is 5.97 Å². The number of rotatable bonds is 8. The third-order valence-corrected chi connectivity index (χ3v) is 5.29. The normalized spacial score (nSPS) is 16.8. The molecule has 0 N–H and O–H groups in total. The monoisotopic (exact) mass is 390 g/mol. The Hall–Kier alpha value is -1.90. The van der Waals surface area contributed by atoms with E-state index in [0.29, 0.717) is 12.1 Å². The standard InChI is InChI=1S/C19H26N4O3S/c1-22(11-14-6-8-15(9-7-14)18(24)25-2)13-17-20-21-19(27-3)23(17)12-16-5-4-10-26-16/h6-9,16H,4-5,10-13H2,1-3H3/t16-/m0/s1. The summed E-state index contributed by atoms with van der Waals surface area (Å²) >= 11 is 1.61. The van der Waals surface area contributed by atoms with Crippen LogP contribution in [0.2, 0.25) is 0 Å². The summed E-state index contributed by atoms with van der Waals surface area (Å²) in [6, 6.07) is 7.49. The van der Waals surface area contributed by atoms with Crippen molar-refractivity contribution < 1.29 is 14.3 Å². The Labute approximate surface area is 164 Å². The largest absolute Gasteiger partial charge is 0.465 e. The van der Waals surface area contributed by atoms with E-state index in [0.717, 1.165) is 49.1 Å². The van der Waals surface area contributed by atoms with Gasteiger partial charge in [0, 0.05) is 13.2 Å². The van der Waals surface area contributed by atoms with Crippen LogP contribution in [0.25, 0.3) is 0 Å². The summed E-state index contributed by atoms with van der Waals surface area (Å²) in [5.74, 6) is 0.630. The summed E-state index contributed by atoms with van der Waals surface area (Å²) in [6.45, 7) is 3.10. The van der Waals surface area contributed by atoms with Crippen LogP contribution in [-0.2, 0) is 29.1 Å². The summed E-state index contributed by atoms with van der Waals surface area (Å²) in [5, 5.41) is 9.64. The number of thioether (sulfide) groups is 1. The molecular formula is C19H26N4O3S. The minimum atomic E-state index is -0.318. The van der Waals surface area contributed by atoms with Gasteiger partial charge in [-0.25, -0.2) is 4.79 Å². The molecule has 27 heavy (non-hydrogen) atoms. The van der Waals surface area contributed by atoms with Crippen molar-refractivity contribution in [1.82, 2.24) is 19.7 Å². The molecule has 0 unspecified atom stereocenters. The molecule has 7 nitrogen and oxygen atoms in total. The number of carbonyl (C=O) groups excluding carboxylic acids is 1. The van der Waals surface area contributed by atoms with Crippen molar-refractivity contribution in [3.8, 4) is 0 Å². The van der Waals surface area contributed by atoms with E-state index < -0.39 is 0 Å². The van der Waals surface area contributed by atoms with E-state index in [2.05, 4.69) is 26.7 Å². The molecule has 0 bridgehead atoms. The zero-order chi connectivity index (χ0) is 19.2. The quantitative estimate of drug-likeness (QED) is 0.507. The molecule has 0 radical (unpaired) electrons. The molecule has 1 saturated heterocycles. The highest BCUT2D eigenvalue weighted by atomic mass is 32.2. The first-order valence-electron chi connectivity index (χ1n) is 9.04. The molecule has 1 aromatic heterocycles. The van der Waals surface area contributed by atoms with E-state index in [-0.39, 0.29) is 12.1 Å². The fourth-order valence-corrected chi connectivity index (χ4v) is 3.76. The molecular weight excluding hydrogens is 364 g/mol. The third-order valence-electron chi connectivity index (χ3n) is 4.63. The van der Waals surface area contributed by atoms with Crippen LogP contribution >= 0.6 is 11.8 Å². The van der Waals surface area contributed by atoms with Crippen LogP contribution < -0.4 is 0 Å². The van der Waals surface area contributed by atoms with Crippen molar-refractivity contribution in [1.29, 1.82) is 0 Å².